The molecule has 0 aromatic heterocycles. The summed E-state index contributed by atoms with van der Waals surface area (Å²) in [6.07, 6.45) is 1.27. The summed E-state index contributed by atoms with van der Waals surface area (Å²) in [5.74, 6) is 0.859. The first-order valence-electron chi connectivity index (χ1n) is 8.35. The minimum Gasteiger partial charge on any atom is -0.492 e. The van der Waals surface area contributed by atoms with E-state index < -0.39 is 0 Å². The zero-order valence-corrected chi connectivity index (χ0v) is 15.3. The number of hydrogen-bond acceptors (Lipinski definition) is 4. The molecule has 6 heteroatoms. The van der Waals surface area contributed by atoms with Crippen molar-refractivity contribution in [2.45, 2.75) is 25.9 Å². The van der Waals surface area contributed by atoms with Crippen LogP contribution in [0.2, 0.25) is 5.02 Å². The Kier molecular flexibility index (Phi) is 7.44. The Labute approximate surface area is 150 Å². The van der Waals surface area contributed by atoms with Gasteiger partial charge in [0.1, 0.15) is 5.75 Å². The summed E-state index contributed by atoms with van der Waals surface area (Å²) < 4.78 is 5.74. The lowest BCUT2D eigenvalue weighted by Gasteiger charge is -2.32. The zero-order valence-electron chi connectivity index (χ0n) is 13.8. The molecule has 0 bridgehead atoms. The molecule has 23 heavy (non-hydrogen) atoms. The van der Waals surface area contributed by atoms with E-state index in [0.29, 0.717) is 12.6 Å². The molecule has 1 aromatic rings. The Bertz CT molecular complexity index is 495. The highest BCUT2D eigenvalue weighted by Crippen LogP contribution is 2.30. The van der Waals surface area contributed by atoms with E-state index in [1.807, 2.05) is 19.1 Å². The van der Waals surface area contributed by atoms with Crippen molar-refractivity contribution in [2.24, 2.45) is 0 Å². The number of halogens is 2. The van der Waals surface area contributed by atoms with Crippen molar-refractivity contribution in [1.29, 1.82) is 0 Å². The van der Waals surface area contributed by atoms with Gasteiger partial charge in [0.2, 0.25) is 0 Å². The van der Waals surface area contributed by atoms with Crippen LogP contribution in [0.15, 0.2) is 18.2 Å². The Balaban J connectivity index is 0.00000192. The lowest BCUT2D eigenvalue weighted by molar-refractivity contribution is 0.170. The number of nitrogens with one attached hydrogen (secondary N) is 1. The number of likely N-dealkylation sites (tertiary alicyclic amines) is 1. The summed E-state index contributed by atoms with van der Waals surface area (Å²) >= 11 is 6.29. The number of piperazine rings is 1. The Morgan fingerprint density at radius 2 is 2.04 bits per heavy atom. The van der Waals surface area contributed by atoms with E-state index in [-0.39, 0.29) is 12.4 Å². The third kappa shape index (κ3) is 4.74. The van der Waals surface area contributed by atoms with Gasteiger partial charge >= 0.3 is 0 Å². The molecule has 1 N–H and O–H groups in total. The van der Waals surface area contributed by atoms with Crippen LogP contribution in [0.5, 0.6) is 5.75 Å². The van der Waals surface area contributed by atoms with Crippen molar-refractivity contribution in [3.63, 3.8) is 0 Å². The maximum absolute atomic E-state index is 6.29. The van der Waals surface area contributed by atoms with Crippen molar-refractivity contribution in [2.75, 3.05) is 45.9 Å². The number of benzene rings is 1. The van der Waals surface area contributed by atoms with E-state index >= 15 is 0 Å². The summed E-state index contributed by atoms with van der Waals surface area (Å²) in [4.78, 5) is 5.17. The van der Waals surface area contributed by atoms with Crippen molar-refractivity contribution >= 4 is 24.0 Å². The van der Waals surface area contributed by atoms with Crippen LogP contribution in [-0.2, 0) is 6.54 Å². The molecule has 0 saturated carbocycles. The van der Waals surface area contributed by atoms with Crippen LogP contribution < -0.4 is 10.1 Å². The lowest BCUT2D eigenvalue weighted by Crippen LogP contribution is -2.49. The summed E-state index contributed by atoms with van der Waals surface area (Å²) in [6.45, 7) is 10.5. The van der Waals surface area contributed by atoms with Gasteiger partial charge in [0, 0.05) is 57.4 Å². The van der Waals surface area contributed by atoms with Gasteiger partial charge in [-0.2, -0.15) is 0 Å². The van der Waals surface area contributed by atoms with Gasteiger partial charge in [-0.05, 0) is 19.4 Å². The molecule has 2 fully saturated rings. The number of rotatable bonds is 5. The number of ether oxygens (including phenoxy) is 1. The summed E-state index contributed by atoms with van der Waals surface area (Å²) in [6, 6.07) is 6.76. The van der Waals surface area contributed by atoms with Gasteiger partial charge in [0.25, 0.3) is 0 Å². The fourth-order valence-corrected chi connectivity index (χ4v) is 3.77. The number of nitrogens with zero attached hydrogens (tertiary/aromatic N) is 2. The zero-order chi connectivity index (χ0) is 15.4. The minimum atomic E-state index is 0. The normalized spacial score (nSPS) is 22.8. The molecule has 4 nitrogen and oxygen atoms in total. The Morgan fingerprint density at radius 1 is 1.26 bits per heavy atom. The monoisotopic (exact) mass is 359 g/mol. The van der Waals surface area contributed by atoms with Gasteiger partial charge in [-0.15, -0.1) is 12.4 Å². The summed E-state index contributed by atoms with van der Waals surface area (Å²) in [5, 5.41) is 4.15. The Hall–Kier alpha value is -0.520. The SMILES string of the molecule is CCOc1c(Cl)cccc1CN1CCC(N2CCNCC2)C1.Cl. The fraction of sp³-hybridized carbons (Fsp3) is 0.647. The minimum absolute atomic E-state index is 0. The topological polar surface area (TPSA) is 27.7 Å². The molecule has 1 aromatic carbocycles. The van der Waals surface area contributed by atoms with Crippen LogP contribution in [0.25, 0.3) is 0 Å². The fourth-order valence-electron chi connectivity index (χ4n) is 3.53. The molecule has 0 aliphatic carbocycles. The van der Waals surface area contributed by atoms with E-state index in [0.717, 1.165) is 43.5 Å². The van der Waals surface area contributed by atoms with Gasteiger partial charge in [0.15, 0.2) is 0 Å². The molecule has 2 saturated heterocycles. The van der Waals surface area contributed by atoms with Gasteiger partial charge in [0.05, 0.1) is 11.6 Å². The molecule has 0 amide bonds. The predicted octanol–water partition coefficient (Wildman–Crippen LogP) is 2.64. The van der Waals surface area contributed by atoms with Crippen LogP contribution in [0.4, 0.5) is 0 Å². The molecule has 2 heterocycles. The van der Waals surface area contributed by atoms with Gasteiger partial charge in [-0.3, -0.25) is 9.80 Å². The first kappa shape index (κ1) is 18.8. The molecular weight excluding hydrogens is 333 g/mol. The van der Waals surface area contributed by atoms with E-state index in [2.05, 4.69) is 21.2 Å². The average Bonchev–Trinajstić information content (AvgIpc) is 3.00. The van der Waals surface area contributed by atoms with Crippen LogP contribution >= 0.6 is 24.0 Å². The molecule has 0 spiro atoms. The molecule has 1 unspecified atom stereocenters. The third-order valence-electron chi connectivity index (χ3n) is 4.65. The average molecular weight is 360 g/mol. The highest BCUT2D eigenvalue weighted by Gasteiger charge is 2.28. The molecule has 130 valence electrons. The lowest BCUT2D eigenvalue weighted by atomic mass is 10.2. The van der Waals surface area contributed by atoms with Crippen LogP contribution in [0.3, 0.4) is 0 Å². The van der Waals surface area contributed by atoms with Crippen LogP contribution in [0.1, 0.15) is 18.9 Å². The summed E-state index contributed by atoms with van der Waals surface area (Å²) in [7, 11) is 0. The predicted molar refractivity (Wildman–Crippen MR) is 98.0 cm³/mol. The second-order valence-corrected chi connectivity index (χ2v) is 6.53. The first-order valence-corrected chi connectivity index (χ1v) is 8.73. The molecule has 3 rings (SSSR count). The van der Waals surface area contributed by atoms with Crippen LogP contribution in [0, 0.1) is 0 Å². The van der Waals surface area contributed by atoms with E-state index in [1.54, 1.807) is 0 Å². The van der Waals surface area contributed by atoms with Crippen molar-refractivity contribution in [1.82, 2.24) is 15.1 Å². The number of hydrogen-bond donors (Lipinski definition) is 1. The third-order valence-corrected chi connectivity index (χ3v) is 4.94. The quantitative estimate of drug-likeness (QED) is 0.874. The molecule has 1 atom stereocenters. The second-order valence-electron chi connectivity index (χ2n) is 6.12. The van der Waals surface area contributed by atoms with Crippen molar-refractivity contribution in [3.05, 3.63) is 28.8 Å². The van der Waals surface area contributed by atoms with E-state index in [9.17, 15) is 0 Å². The smallest absolute Gasteiger partial charge is 0.142 e. The maximum Gasteiger partial charge on any atom is 0.142 e. The largest absolute Gasteiger partial charge is 0.492 e. The van der Waals surface area contributed by atoms with E-state index in [4.69, 9.17) is 16.3 Å². The highest BCUT2D eigenvalue weighted by molar-refractivity contribution is 6.32. The van der Waals surface area contributed by atoms with Gasteiger partial charge < -0.3 is 10.1 Å². The molecule has 2 aliphatic heterocycles. The summed E-state index contributed by atoms with van der Waals surface area (Å²) in [5.41, 5.74) is 1.20. The molecule has 0 radical (unpaired) electrons. The second kappa shape index (κ2) is 9.09. The first-order chi connectivity index (χ1) is 10.8. The van der Waals surface area contributed by atoms with Gasteiger partial charge in [-0.25, -0.2) is 0 Å². The maximum atomic E-state index is 6.29. The van der Waals surface area contributed by atoms with Crippen molar-refractivity contribution in [3.8, 4) is 5.75 Å². The standard InChI is InChI=1S/C17H26ClN3O.ClH/c1-2-22-17-14(4-3-5-16(17)18)12-20-9-6-15(13-20)21-10-7-19-8-11-21;/h3-5,15,19H,2,6-13H2,1H3;1H. The Morgan fingerprint density at radius 3 is 2.78 bits per heavy atom. The van der Waals surface area contributed by atoms with Crippen molar-refractivity contribution < 1.29 is 4.74 Å². The van der Waals surface area contributed by atoms with Crippen LogP contribution in [-0.4, -0.2) is 61.7 Å². The van der Waals surface area contributed by atoms with E-state index in [1.165, 1.54) is 25.1 Å². The number of para-hydroxylation sites is 1. The van der Waals surface area contributed by atoms with Gasteiger partial charge in [-0.1, -0.05) is 23.7 Å². The highest BCUT2D eigenvalue weighted by atomic mass is 35.5. The molecule has 2 aliphatic rings. The molecular formula is C17H27Cl2N3O.